The molecule has 5 unspecified atom stereocenters. The Morgan fingerprint density at radius 3 is 2.29 bits per heavy atom. The lowest BCUT2D eigenvalue weighted by atomic mass is 9.81. The van der Waals surface area contributed by atoms with Gasteiger partial charge in [-0.2, -0.15) is 0 Å². The van der Waals surface area contributed by atoms with Crippen LogP contribution in [0.25, 0.3) is 21.9 Å². The molecule has 6 rings (SSSR count). The monoisotopic (exact) mass is 524 g/mol. The molecule has 5 atom stereocenters. The largest absolute Gasteiger partial charge is 0.493 e. The predicted octanol–water partition coefficient (Wildman–Crippen LogP) is 2.79. The molecule has 0 amide bonds. The van der Waals surface area contributed by atoms with Gasteiger partial charge in [-0.1, -0.05) is 13.0 Å². The number of esters is 1. The molecule has 1 aliphatic carbocycles. The van der Waals surface area contributed by atoms with Crippen LogP contribution >= 0.6 is 0 Å². The van der Waals surface area contributed by atoms with E-state index in [1.165, 1.54) is 14.2 Å². The van der Waals surface area contributed by atoms with E-state index in [-0.39, 0.29) is 19.3 Å². The van der Waals surface area contributed by atoms with Gasteiger partial charge >= 0.3 is 5.97 Å². The number of carbonyl (C=O) groups excluding carboxylic acids is 1. The molecule has 0 saturated heterocycles. The van der Waals surface area contributed by atoms with E-state index >= 15 is 0 Å². The van der Waals surface area contributed by atoms with Gasteiger partial charge in [0.1, 0.15) is 30.7 Å². The highest BCUT2D eigenvalue weighted by molar-refractivity contribution is 6.14. The fraction of sp³-hybridized carbons (Fsp3) is 0.393. The van der Waals surface area contributed by atoms with E-state index in [0.717, 1.165) is 0 Å². The second-order valence-electron chi connectivity index (χ2n) is 9.80. The van der Waals surface area contributed by atoms with Gasteiger partial charge in [-0.3, -0.25) is 0 Å². The van der Waals surface area contributed by atoms with Gasteiger partial charge < -0.3 is 43.7 Å². The fourth-order valence-corrected chi connectivity index (χ4v) is 5.57. The second-order valence-corrected chi connectivity index (χ2v) is 9.80. The average molecular weight is 525 g/mol. The van der Waals surface area contributed by atoms with Crippen molar-refractivity contribution in [3.63, 3.8) is 0 Å². The van der Waals surface area contributed by atoms with E-state index in [4.69, 9.17) is 28.4 Å². The molecule has 1 saturated carbocycles. The number of hydrogen-bond donors (Lipinski definition) is 3. The van der Waals surface area contributed by atoms with Crippen molar-refractivity contribution in [1.29, 1.82) is 0 Å². The minimum atomic E-state index is -1.37. The van der Waals surface area contributed by atoms with Gasteiger partial charge in [0, 0.05) is 16.5 Å². The van der Waals surface area contributed by atoms with Crippen LogP contribution in [0.4, 0.5) is 0 Å². The zero-order chi connectivity index (χ0) is 26.7. The number of hydrogen-bond acceptors (Lipinski definition) is 10. The maximum absolute atomic E-state index is 13.2. The van der Waals surface area contributed by atoms with E-state index in [9.17, 15) is 20.1 Å². The van der Waals surface area contributed by atoms with Crippen molar-refractivity contribution in [1.82, 2.24) is 0 Å². The van der Waals surface area contributed by atoms with Crippen molar-refractivity contribution in [2.75, 3.05) is 21.0 Å². The number of aliphatic hydroxyl groups is 3. The third kappa shape index (κ3) is 3.71. The van der Waals surface area contributed by atoms with Crippen molar-refractivity contribution in [3.05, 3.63) is 41.5 Å². The topological polar surface area (TPSA) is 133 Å². The van der Waals surface area contributed by atoms with Gasteiger partial charge in [0.15, 0.2) is 23.0 Å². The van der Waals surface area contributed by atoms with E-state index < -0.39 is 30.4 Å². The summed E-state index contributed by atoms with van der Waals surface area (Å²) in [5.41, 5.74) is 2.16. The number of aliphatic hydroxyl groups excluding tert-OH is 3. The summed E-state index contributed by atoms with van der Waals surface area (Å²) < 4.78 is 34.1. The van der Waals surface area contributed by atoms with Gasteiger partial charge in [-0.25, -0.2) is 4.79 Å². The van der Waals surface area contributed by atoms with Crippen molar-refractivity contribution in [2.24, 2.45) is 5.92 Å². The highest BCUT2D eigenvalue weighted by atomic mass is 16.7. The minimum Gasteiger partial charge on any atom is -0.493 e. The van der Waals surface area contributed by atoms with Crippen LogP contribution in [-0.4, -0.2) is 66.7 Å². The molecule has 3 aromatic carbocycles. The predicted molar refractivity (Wildman–Crippen MR) is 134 cm³/mol. The Morgan fingerprint density at radius 1 is 0.842 bits per heavy atom. The van der Waals surface area contributed by atoms with Gasteiger partial charge in [0.05, 0.1) is 25.9 Å². The number of ether oxygens (including phenoxy) is 6. The molecule has 3 N–H and O–H groups in total. The summed E-state index contributed by atoms with van der Waals surface area (Å²) in [6.07, 6.45) is -4.32. The van der Waals surface area contributed by atoms with Gasteiger partial charge in [0.25, 0.3) is 0 Å². The van der Waals surface area contributed by atoms with Crippen LogP contribution in [0.2, 0.25) is 0 Å². The summed E-state index contributed by atoms with van der Waals surface area (Å²) in [5, 5.41) is 32.7. The van der Waals surface area contributed by atoms with E-state index in [1.54, 1.807) is 25.1 Å². The lowest BCUT2D eigenvalue weighted by Crippen LogP contribution is -2.54. The normalized spacial score (nSPS) is 25.7. The highest BCUT2D eigenvalue weighted by Gasteiger charge is 2.43. The average Bonchev–Trinajstić information content (AvgIpc) is 3.55. The SMILES string of the molecule is COc1cc2c(OC3CC(C)C(O)C(O)C3O)c3c(c(-c4ccc5c(c4)OCO5)c2cc1OC)C(=O)OC3. The Labute approximate surface area is 218 Å². The molecular weight excluding hydrogens is 496 g/mol. The van der Waals surface area contributed by atoms with Gasteiger partial charge in [-0.05, 0) is 47.6 Å². The molecule has 3 aliphatic rings. The maximum atomic E-state index is 13.2. The number of methoxy groups -OCH3 is 2. The molecule has 0 bridgehead atoms. The molecule has 2 heterocycles. The third-order valence-corrected chi connectivity index (χ3v) is 7.61. The summed E-state index contributed by atoms with van der Waals surface area (Å²) >= 11 is 0. The summed E-state index contributed by atoms with van der Waals surface area (Å²) in [6, 6.07) is 8.96. The third-order valence-electron chi connectivity index (χ3n) is 7.61. The second kappa shape index (κ2) is 9.23. The molecule has 0 aromatic heterocycles. The van der Waals surface area contributed by atoms with Crippen molar-refractivity contribution in [2.45, 2.75) is 44.4 Å². The van der Waals surface area contributed by atoms with Crippen LogP contribution in [0.5, 0.6) is 28.7 Å². The Morgan fingerprint density at radius 2 is 1.55 bits per heavy atom. The summed E-state index contributed by atoms with van der Waals surface area (Å²) in [7, 11) is 3.04. The molecule has 38 heavy (non-hydrogen) atoms. The molecule has 200 valence electrons. The number of fused-ring (bicyclic) bond motifs is 3. The summed E-state index contributed by atoms with van der Waals surface area (Å²) in [5.74, 6) is 1.57. The number of rotatable bonds is 5. The van der Waals surface area contributed by atoms with E-state index in [1.807, 2.05) is 12.1 Å². The number of benzene rings is 3. The van der Waals surface area contributed by atoms with Gasteiger partial charge in [-0.15, -0.1) is 0 Å². The number of cyclic esters (lactones) is 1. The first-order chi connectivity index (χ1) is 18.3. The fourth-order valence-electron chi connectivity index (χ4n) is 5.57. The molecule has 10 heteroatoms. The lowest BCUT2D eigenvalue weighted by Gasteiger charge is -2.39. The van der Waals surface area contributed by atoms with E-state index in [2.05, 4.69) is 0 Å². The maximum Gasteiger partial charge on any atom is 0.339 e. The van der Waals surface area contributed by atoms with Crippen molar-refractivity contribution < 1.29 is 48.5 Å². The summed E-state index contributed by atoms with van der Waals surface area (Å²) in [4.78, 5) is 13.2. The highest BCUT2D eigenvalue weighted by Crippen LogP contribution is 2.50. The molecule has 1 fully saturated rings. The zero-order valence-corrected chi connectivity index (χ0v) is 21.1. The Kier molecular flexibility index (Phi) is 5.97. The van der Waals surface area contributed by atoms with Crippen LogP contribution in [0.15, 0.2) is 30.3 Å². The standard InChI is InChI=1S/C28H28O10/c1-12-6-21(25(30)26(31)24(12)29)38-27-15-9-19(34-3)18(33-2)8-14(15)22(23-16(27)10-35-28(23)32)13-4-5-17-20(7-13)37-11-36-17/h4-5,7-9,12,21,24-26,29-31H,6,10-11H2,1-3H3. The van der Waals surface area contributed by atoms with Gasteiger partial charge in [0.2, 0.25) is 6.79 Å². The Bertz CT molecular complexity index is 1430. The molecular formula is C28H28O10. The molecule has 3 aromatic rings. The Hall–Kier alpha value is -3.73. The Balaban J connectivity index is 1.61. The number of carbonyl (C=O) groups is 1. The van der Waals surface area contributed by atoms with Crippen LogP contribution in [0.3, 0.4) is 0 Å². The van der Waals surface area contributed by atoms with Crippen LogP contribution in [0.1, 0.15) is 29.3 Å². The lowest BCUT2D eigenvalue weighted by molar-refractivity contribution is -0.147. The first kappa shape index (κ1) is 24.6. The molecule has 0 spiro atoms. The first-order valence-corrected chi connectivity index (χ1v) is 12.3. The molecule has 0 radical (unpaired) electrons. The van der Waals surface area contributed by atoms with Crippen molar-refractivity contribution >= 4 is 16.7 Å². The van der Waals surface area contributed by atoms with E-state index in [0.29, 0.717) is 68.2 Å². The smallest absolute Gasteiger partial charge is 0.339 e. The molecule has 10 nitrogen and oxygen atoms in total. The van der Waals surface area contributed by atoms with Crippen LogP contribution < -0.4 is 23.7 Å². The van der Waals surface area contributed by atoms with Crippen molar-refractivity contribution in [3.8, 4) is 39.9 Å². The quantitative estimate of drug-likeness (QED) is 0.428. The minimum absolute atomic E-state index is 0.0329. The first-order valence-electron chi connectivity index (χ1n) is 12.3. The van der Waals surface area contributed by atoms with Crippen LogP contribution in [0, 0.1) is 5.92 Å². The summed E-state index contributed by atoms with van der Waals surface area (Å²) in [6.45, 7) is 1.86. The zero-order valence-electron chi connectivity index (χ0n) is 21.1. The van der Waals surface area contributed by atoms with Crippen LogP contribution in [-0.2, 0) is 11.3 Å². The molecule has 2 aliphatic heterocycles.